The van der Waals surface area contributed by atoms with Crippen LogP contribution in [0.15, 0.2) is 170 Å². The summed E-state index contributed by atoms with van der Waals surface area (Å²) in [5.74, 6) is 0.947. The van der Waals surface area contributed by atoms with Gasteiger partial charge < -0.3 is 9.80 Å². The smallest absolute Gasteiger partial charge is 0.137 e. The van der Waals surface area contributed by atoms with Crippen molar-refractivity contribution in [3.05, 3.63) is 226 Å². The first-order chi connectivity index (χ1) is 33.5. The molecule has 1 aliphatic rings. The van der Waals surface area contributed by atoms with Crippen molar-refractivity contribution in [2.45, 2.75) is 124 Å². The van der Waals surface area contributed by atoms with Gasteiger partial charge in [0.15, 0.2) is 0 Å². The quantitative estimate of drug-likeness (QED) is 0.144. The summed E-state index contributed by atoms with van der Waals surface area (Å²) in [7, 11) is 0. The summed E-state index contributed by atoms with van der Waals surface area (Å²) in [5, 5.41) is 2.47. The van der Waals surface area contributed by atoms with E-state index in [1.807, 2.05) is 6.20 Å². The van der Waals surface area contributed by atoms with Gasteiger partial charge in [-0.05, 0) is 141 Å². The Balaban J connectivity index is 1.13. The standard InChI is InChI=1S/C67H72N4/c1-44-33-60-61(34-45(44)2)70(55-39-52(65(9,10)46-23-17-15-18-24-46)36-53(40-55)66(11,12)47-25-19-16-20-26-47)43-69(60)54-37-50(64(6,7)8)35-51(38-54)67(13,14)49-29-30-57-56-27-21-22-28-58(56)71(59(57)41-49)62-42-48(31-32-68-62)63(3,4)5/h15-42H,43H2,1-14H3. The van der Waals surface area contributed by atoms with Gasteiger partial charge >= 0.3 is 0 Å². The van der Waals surface area contributed by atoms with E-state index in [0.29, 0.717) is 6.67 Å². The molecule has 10 rings (SSSR count). The van der Waals surface area contributed by atoms with Crippen LogP contribution in [0.25, 0.3) is 27.6 Å². The number of fused-ring (bicyclic) bond motifs is 4. The molecule has 71 heavy (non-hydrogen) atoms. The number of para-hydroxylation sites is 1. The Morgan fingerprint density at radius 3 is 1.34 bits per heavy atom. The highest BCUT2D eigenvalue weighted by molar-refractivity contribution is 6.09. The van der Waals surface area contributed by atoms with Crippen LogP contribution in [0.3, 0.4) is 0 Å². The lowest BCUT2D eigenvalue weighted by molar-refractivity contribution is 0.582. The van der Waals surface area contributed by atoms with E-state index >= 15 is 0 Å². The minimum absolute atomic E-state index is 0.00462. The molecule has 4 nitrogen and oxygen atoms in total. The third kappa shape index (κ3) is 8.43. The average Bonchev–Trinajstić information content (AvgIpc) is 3.89. The van der Waals surface area contributed by atoms with Crippen LogP contribution in [0.2, 0.25) is 0 Å². The van der Waals surface area contributed by atoms with E-state index in [9.17, 15) is 0 Å². The second kappa shape index (κ2) is 17.1. The van der Waals surface area contributed by atoms with Crippen molar-refractivity contribution in [3.63, 3.8) is 0 Å². The van der Waals surface area contributed by atoms with Gasteiger partial charge in [0.05, 0.1) is 22.4 Å². The summed E-state index contributed by atoms with van der Waals surface area (Å²) in [6.07, 6.45) is 1.97. The number of hydrogen-bond acceptors (Lipinski definition) is 3. The molecule has 3 heterocycles. The maximum atomic E-state index is 5.01. The maximum Gasteiger partial charge on any atom is 0.137 e. The Morgan fingerprint density at radius 1 is 0.366 bits per heavy atom. The first kappa shape index (κ1) is 47.8. The van der Waals surface area contributed by atoms with Crippen LogP contribution in [-0.2, 0) is 27.1 Å². The van der Waals surface area contributed by atoms with Crippen molar-refractivity contribution in [3.8, 4) is 5.82 Å². The van der Waals surface area contributed by atoms with E-state index in [-0.39, 0.29) is 27.1 Å². The summed E-state index contributed by atoms with van der Waals surface area (Å²) in [6, 6.07) is 62.0. The molecule has 4 heteroatoms. The molecule has 0 amide bonds. The van der Waals surface area contributed by atoms with Gasteiger partial charge in [-0.3, -0.25) is 4.57 Å². The highest BCUT2D eigenvalue weighted by Crippen LogP contribution is 2.50. The molecule has 0 spiro atoms. The largest absolute Gasteiger partial charge is 0.321 e. The zero-order chi connectivity index (χ0) is 50.4. The van der Waals surface area contributed by atoms with Crippen molar-refractivity contribution < 1.29 is 0 Å². The molecule has 0 bridgehead atoms. The van der Waals surface area contributed by atoms with Crippen LogP contribution >= 0.6 is 0 Å². The van der Waals surface area contributed by atoms with Gasteiger partial charge in [-0.25, -0.2) is 4.98 Å². The van der Waals surface area contributed by atoms with Crippen LogP contribution in [-0.4, -0.2) is 16.2 Å². The van der Waals surface area contributed by atoms with Crippen molar-refractivity contribution in [2.75, 3.05) is 16.5 Å². The topological polar surface area (TPSA) is 24.3 Å². The number of rotatable bonds is 9. The second-order valence-corrected chi connectivity index (χ2v) is 24.1. The fourth-order valence-corrected chi connectivity index (χ4v) is 10.8. The Bertz CT molecular complexity index is 3390. The lowest BCUT2D eigenvalue weighted by Gasteiger charge is -2.33. The van der Waals surface area contributed by atoms with E-state index in [2.05, 4.69) is 275 Å². The van der Waals surface area contributed by atoms with Crippen LogP contribution in [0.4, 0.5) is 22.7 Å². The van der Waals surface area contributed by atoms with E-state index in [4.69, 9.17) is 4.98 Å². The molecule has 360 valence electrons. The van der Waals surface area contributed by atoms with Crippen LogP contribution in [0, 0.1) is 13.8 Å². The van der Waals surface area contributed by atoms with Crippen molar-refractivity contribution in [2.24, 2.45) is 0 Å². The maximum absolute atomic E-state index is 5.01. The normalized spacial score (nSPS) is 13.7. The number of hydrogen-bond donors (Lipinski definition) is 0. The van der Waals surface area contributed by atoms with Crippen LogP contribution < -0.4 is 9.80 Å². The molecule has 9 aromatic rings. The molecule has 1 aliphatic heterocycles. The fraction of sp³-hybridized carbons (Fsp3) is 0.299. The van der Waals surface area contributed by atoms with Gasteiger partial charge in [0.2, 0.25) is 0 Å². The lowest BCUT2D eigenvalue weighted by Crippen LogP contribution is -2.28. The third-order valence-electron chi connectivity index (χ3n) is 16.2. The number of nitrogens with zero attached hydrogens (tertiary/aromatic N) is 4. The van der Waals surface area contributed by atoms with Crippen LogP contribution in [0.1, 0.15) is 139 Å². The number of aryl methyl sites for hydroxylation is 2. The highest BCUT2D eigenvalue weighted by Gasteiger charge is 2.36. The minimum atomic E-state index is -0.354. The molecule has 0 radical (unpaired) electrons. The van der Waals surface area contributed by atoms with E-state index < -0.39 is 0 Å². The second-order valence-electron chi connectivity index (χ2n) is 24.1. The first-order valence-corrected chi connectivity index (χ1v) is 25.6. The summed E-state index contributed by atoms with van der Waals surface area (Å²) < 4.78 is 2.37. The average molecular weight is 933 g/mol. The predicted molar refractivity (Wildman–Crippen MR) is 303 cm³/mol. The molecule has 2 aromatic heterocycles. The monoisotopic (exact) mass is 933 g/mol. The van der Waals surface area contributed by atoms with Gasteiger partial charge in [0.1, 0.15) is 12.5 Å². The predicted octanol–water partition coefficient (Wildman–Crippen LogP) is 17.6. The van der Waals surface area contributed by atoms with E-state index in [1.54, 1.807) is 0 Å². The molecule has 0 aliphatic carbocycles. The Morgan fingerprint density at radius 2 is 0.817 bits per heavy atom. The van der Waals surface area contributed by atoms with Gasteiger partial charge in [-0.1, -0.05) is 186 Å². The third-order valence-corrected chi connectivity index (χ3v) is 16.2. The highest BCUT2D eigenvalue weighted by atomic mass is 15.4. The van der Waals surface area contributed by atoms with Crippen molar-refractivity contribution in [1.82, 2.24) is 9.55 Å². The van der Waals surface area contributed by atoms with Crippen molar-refractivity contribution in [1.29, 1.82) is 0 Å². The summed E-state index contributed by atoms with van der Waals surface area (Å²) in [4.78, 5) is 10.2. The number of pyridine rings is 1. The Labute approximate surface area is 424 Å². The molecular formula is C67H72N4. The van der Waals surface area contributed by atoms with Gasteiger partial charge in [0, 0.05) is 44.6 Å². The zero-order valence-corrected chi connectivity index (χ0v) is 44.7. The minimum Gasteiger partial charge on any atom is -0.321 e. The molecule has 7 aromatic carbocycles. The van der Waals surface area contributed by atoms with Gasteiger partial charge in [-0.15, -0.1) is 0 Å². The molecule has 0 saturated heterocycles. The lowest BCUT2D eigenvalue weighted by atomic mass is 9.73. The molecule has 0 atom stereocenters. The first-order valence-electron chi connectivity index (χ1n) is 25.6. The SMILES string of the molecule is Cc1cc2c(cc1C)N(c1cc(C(C)(C)c3ccccc3)cc(C(C)(C)c3ccccc3)c1)CN2c1cc(C(C)(C)C)cc(C(C)(C)c2ccc3c4ccccc4n(-c4cc(C(C)(C)C)ccn4)c3c2)c1. The number of aromatic nitrogens is 2. The Hall–Kier alpha value is -6.91. The fourth-order valence-electron chi connectivity index (χ4n) is 10.8. The molecule has 0 N–H and O–H groups in total. The van der Waals surface area contributed by atoms with Crippen molar-refractivity contribution >= 4 is 44.6 Å². The Kier molecular flexibility index (Phi) is 11.5. The van der Waals surface area contributed by atoms with Gasteiger partial charge in [0.25, 0.3) is 0 Å². The van der Waals surface area contributed by atoms with E-state index in [0.717, 1.165) is 5.82 Å². The summed E-state index contributed by atoms with van der Waals surface area (Å²) in [6.45, 7) is 33.3. The van der Waals surface area contributed by atoms with E-state index in [1.165, 1.54) is 100 Å². The summed E-state index contributed by atoms with van der Waals surface area (Å²) >= 11 is 0. The molecule has 0 fully saturated rings. The van der Waals surface area contributed by atoms with Crippen LogP contribution in [0.5, 0.6) is 0 Å². The molecule has 0 saturated carbocycles. The molecule has 0 unspecified atom stereocenters. The zero-order valence-electron chi connectivity index (χ0n) is 44.7. The number of benzene rings is 7. The van der Waals surface area contributed by atoms with Gasteiger partial charge in [-0.2, -0.15) is 0 Å². The summed E-state index contributed by atoms with van der Waals surface area (Å²) in [5.41, 5.74) is 19.2. The number of anilines is 4. The molecular weight excluding hydrogens is 861 g/mol.